The molecule has 176 valence electrons. The first kappa shape index (κ1) is 22.1. The molecule has 5 fully saturated rings. The molecule has 31 heavy (non-hydrogen) atoms. The van der Waals surface area contributed by atoms with Crippen molar-refractivity contribution in [2.75, 3.05) is 39.3 Å². The fraction of sp³-hybridized carbons (Fsp3) is 0.958. The van der Waals surface area contributed by atoms with E-state index in [4.69, 9.17) is 0 Å². The molecule has 1 saturated carbocycles. The molecule has 6 unspecified atom stereocenters. The van der Waals surface area contributed by atoms with E-state index in [1.54, 1.807) is 0 Å². The second-order valence-electron chi connectivity index (χ2n) is 10.8. The normalized spacial score (nSPS) is 40.2. The van der Waals surface area contributed by atoms with Crippen LogP contribution in [0, 0.1) is 17.8 Å². The quantitative estimate of drug-likeness (QED) is 0.525. The Balaban J connectivity index is 1.26. The maximum atomic E-state index is 12.5. The molecule has 4 N–H and O–H groups in total. The number of fused-ring (bicyclic) bond motifs is 1. The van der Waals surface area contributed by atoms with E-state index in [1.165, 1.54) is 57.9 Å². The third-order valence-corrected chi connectivity index (χ3v) is 8.74. The van der Waals surface area contributed by atoms with Gasteiger partial charge in [-0.3, -0.25) is 20.9 Å². The van der Waals surface area contributed by atoms with E-state index < -0.39 is 0 Å². The molecular weight excluding hydrogens is 388 g/mol. The first-order valence-electron chi connectivity index (χ1n) is 13.2. The summed E-state index contributed by atoms with van der Waals surface area (Å²) < 4.78 is 0. The number of rotatable bonds is 5. The predicted molar refractivity (Wildman–Crippen MR) is 123 cm³/mol. The monoisotopic (exact) mass is 432 g/mol. The molecule has 5 rings (SSSR count). The van der Waals surface area contributed by atoms with Gasteiger partial charge in [0.2, 0.25) is 5.91 Å². The van der Waals surface area contributed by atoms with Crippen molar-refractivity contribution in [1.29, 1.82) is 0 Å². The van der Waals surface area contributed by atoms with Gasteiger partial charge in [-0.2, -0.15) is 0 Å². The van der Waals surface area contributed by atoms with Gasteiger partial charge in [0.1, 0.15) is 0 Å². The number of nitrogens with one attached hydrogen (secondary N) is 4. The molecule has 5 aliphatic rings. The van der Waals surface area contributed by atoms with Crippen molar-refractivity contribution in [2.45, 2.75) is 89.0 Å². The Kier molecular flexibility index (Phi) is 7.15. The van der Waals surface area contributed by atoms with Crippen LogP contribution in [0.5, 0.6) is 0 Å². The van der Waals surface area contributed by atoms with Crippen LogP contribution in [-0.4, -0.2) is 79.4 Å². The minimum atomic E-state index is 0.315. The van der Waals surface area contributed by atoms with E-state index in [0.717, 1.165) is 44.6 Å². The molecule has 7 heteroatoms. The highest BCUT2D eigenvalue weighted by molar-refractivity contribution is 5.76. The Morgan fingerprint density at radius 2 is 1.84 bits per heavy atom. The van der Waals surface area contributed by atoms with Gasteiger partial charge in [0.25, 0.3) is 0 Å². The minimum Gasteiger partial charge on any atom is -0.341 e. The summed E-state index contributed by atoms with van der Waals surface area (Å²) in [4.78, 5) is 14.6. The van der Waals surface area contributed by atoms with Gasteiger partial charge in [0.05, 0.1) is 6.17 Å². The van der Waals surface area contributed by atoms with Gasteiger partial charge in [-0.05, 0) is 57.0 Å². The number of carbonyl (C=O) groups excluding carboxylic acids is 1. The van der Waals surface area contributed by atoms with E-state index in [2.05, 4.69) is 31.3 Å². The second kappa shape index (κ2) is 10.0. The van der Waals surface area contributed by atoms with Crippen LogP contribution in [0.25, 0.3) is 0 Å². The SMILES string of the molecule is CCC(=O)N1CC2NC(C3CCCCC3)NC(C3CCN(CC4CCCNC4)N3)C2C1. The highest BCUT2D eigenvalue weighted by Crippen LogP contribution is 2.33. The summed E-state index contributed by atoms with van der Waals surface area (Å²) in [5.41, 5.74) is 3.91. The molecule has 6 atom stereocenters. The number of piperidine rings is 1. The van der Waals surface area contributed by atoms with Crippen molar-refractivity contribution in [2.24, 2.45) is 17.8 Å². The average Bonchev–Trinajstić information content (AvgIpc) is 3.46. The summed E-state index contributed by atoms with van der Waals surface area (Å²) in [6, 6.07) is 1.36. The molecule has 4 saturated heterocycles. The van der Waals surface area contributed by atoms with E-state index >= 15 is 0 Å². The van der Waals surface area contributed by atoms with Gasteiger partial charge < -0.3 is 10.2 Å². The Morgan fingerprint density at radius 1 is 0.968 bits per heavy atom. The standard InChI is InChI=1S/C24H44N6O/c1-2-22(31)29-15-19-21(16-29)26-24(18-8-4-3-5-9-18)27-23(19)20-10-12-30(28-20)14-17-7-6-11-25-13-17/h17-21,23-28H,2-16H2,1H3. The van der Waals surface area contributed by atoms with Crippen LogP contribution in [0.4, 0.5) is 0 Å². The molecular formula is C24H44N6O. The van der Waals surface area contributed by atoms with Crippen molar-refractivity contribution in [3.05, 3.63) is 0 Å². The van der Waals surface area contributed by atoms with E-state index in [1.807, 2.05) is 6.92 Å². The van der Waals surface area contributed by atoms with E-state index in [-0.39, 0.29) is 0 Å². The lowest BCUT2D eigenvalue weighted by Gasteiger charge is -2.46. The third-order valence-electron chi connectivity index (χ3n) is 8.74. The maximum absolute atomic E-state index is 12.5. The van der Waals surface area contributed by atoms with Crippen molar-refractivity contribution < 1.29 is 4.79 Å². The van der Waals surface area contributed by atoms with Crippen LogP contribution in [-0.2, 0) is 4.79 Å². The number of hydrazine groups is 1. The molecule has 7 nitrogen and oxygen atoms in total. The summed E-state index contributed by atoms with van der Waals surface area (Å²) in [7, 11) is 0. The fourth-order valence-electron chi connectivity index (χ4n) is 7.01. The number of likely N-dealkylation sites (tertiary alicyclic amines) is 1. The van der Waals surface area contributed by atoms with Crippen molar-refractivity contribution in [1.82, 2.24) is 31.3 Å². The van der Waals surface area contributed by atoms with Crippen LogP contribution in [0.3, 0.4) is 0 Å². The molecule has 1 amide bonds. The molecule has 0 aromatic rings. The maximum Gasteiger partial charge on any atom is 0.222 e. The van der Waals surface area contributed by atoms with Crippen LogP contribution in [0.15, 0.2) is 0 Å². The number of carbonyl (C=O) groups is 1. The zero-order chi connectivity index (χ0) is 21.2. The number of amides is 1. The number of hydrogen-bond donors (Lipinski definition) is 4. The van der Waals surface area contributed by atoms with Crippen molar-refractivity contribution in [3.63, 3.8) is 0 Å². The van der Waals surface area contributed by atoms with Gasteiger partial charge in [-0.1, -0.05) is 26.2 Å². The van der Waals surface area contributed by atoms with Crippen LogP contribution in [0.1, 0.15) is 64.7 Å². The predicted octanol–water partition coefficient (Wildman–Crippen LogP) is 1.27. The minimum absolute atomic E-state index is 0.315. The van der Waals surface area contributed by atoms with Gasteiger partial charge in [-0.15, -0.1) is 0 Å². The van der Waals surface area contributed by atoms with Gasteiger partial charge in [0, 0.05) is 56.6 Å². The Hall–Kier alpha value is -0.730. The van der Waals surface area contributed by atoms with Crippen LogP contribution < -0.4 is 21.4 Å². The Bertz CT molecular complexity index is 605. The lowest BCUT2D eigenvalue weighted by atomic mass is 9.81. The fourth-order valence-corrected chi connectivity index (χ4v) is 7.01. The molecule has 1 aliphatic carbocycles. The van der Waals surface area contributed by atoms with Gasteiger partial charge >= 0.3 is 0 Å². The number of hydrogen-bond acceptors (Lipinski definition) is 6. The lowest BCUT2D eigenvalue weighted by Crippen LogP contribution is -2.69. The summed E-state index contributed by atoms with van der Waals surface area (Å²) in [5, 5.41) is 14.1. The van der Waals surface area contributed by atoms with Crippen LogP contribution in [0.2, 0.25) is 0 Å². The largest absolute Gasteiger partial charge is 0.341 e. The lowest BCUT2D eigenvalue weighted by molar-refractivity contribution is -0.130. The Morgan fingerprint density at radius 3 is 2.61 bits per heavy atom. The Labute approximate surface area is 188 Å². The van der Waals surface area contributed by atoms with Crippen molar-refractivity contribution >= 4 is 5.91 Å². The average molecular weight is 433 g/mol. The molecule has 0 aromatic carbocycles. The van der Waals surface area contributed by atoms with E-state index in [9.17, 15) is 4.79 Å². The summed E-state index contributed by atoms with van der Waals surface area (Å²) >= 11 is 0. The van der Waals surface area contributed by atoms with E-state index in [0.29, 0.717) is 42.5 Å². The second-order valence-corrected chi connectivity index (χ2v) is 10.8. The highest BCUT2D eigenvalue weighted by atomic mass is 16.2. The topological polar surface area (TPSA) is 71.7 Å². The zero-order valence-corrected chi connectivity index (χ0v) is 19.5. The van der Waals surface area contributed by atoms with Gasteiger partial charge in [0.15, 0.2) is 0 Å². The highest BCUT2D eigenvalue weighted by Gasteiger charge is 2.49. The van der Waals surface area contributed by atoms with Gasteiger partial charge in [-0.25, -0.2) is 5.01 Å². The summed E-state index contributed by atoms with van der Waals surface area (Å²) in [5.74, 6) is 2.32. The number of nitrogens with zero attached hydrogens (tertiary/aromatic N) is 2. The molecule has 0 aromatic heterocycles. The molecule has 4 heterocycles. The molecule has 0 spiro atoms. The molecule has 0 bridgehead atoms. The molecule has 4 aliphatic heterocycles. The zero-order valence-electron chi connectivity index (χ0n) is 19.5. The summed E-state index contributed by atoms with van der Waals surface area (Å²) in [6.45, 7) is 8.45. The first-order chi connectivity index (χ1) is 15.2. The van der Waals surface area contributed by atoms with Crippen molar-refractivity contribution in [3.8, 4) is 0 Å². The van der Waals surface area contributed by atoms with Crippen LogP contribution >= 0.6 is 0 Å². The summed E-state index contributed by atoms with van der Waals surface area (Å²) in [6.07, 6.45) is 11.7. The third kappa shape index (κ3) is 4.96. The smallest absolute Gasteiger partial charge is 0.222 e. The first-order valence-corrected chi connectivity index (χ1v) is 13.2. The molecule has 0 radical (unpaired) electrons.